The second-order valence-corrected chi connectivity index (χ2v) is 11.3. The Morgan fingerprint density at radius 1 is 0.686 bits per heavy atom. The highest BCUT2D eigenvalue weighted by Gasteiger charge is 2.10. The van der Waals surface area contributed by atoms with E-state index in [2.05, 4.69) is 25.5 Å². The number of amides is 1. The molecule has 256 valence electrons. The molecule has 0 bridgehead atoms. The molecule has 7 aromatic rings. The first kappa shape index (κ1) is 33.9. The molecule has 0 unspecified atom stereocenters. The second-order valence-electron chi connectivity index (χ2n) is 11.3. The van der Waals surface area contributed by atoms with Crippen LogP contribution in [0.15, 0.2) is 134 Å². The molecule has 3 N–H and O–H groups in total. The van der Waals surface area contributed by atoms with Gasteiger partial charge < -0.3 is 25.3 Å². The summed E-state index contributed by atoms with van der Waals surface area (Å²) in [6, 6.07) is 28.9. The van der Waals surface area contributed by atoms with Gasteiger partial charge in [-0.25, -0.2) is 0 Å². The van der Waals surface area contributed by atoms with E-state index >= 15 is 0 Å². The number of carbonyl (C=O) groups excluding carboxylic acids is 1. The normalized spacial score (nSPS) is 10.5. The highest BCUT2D eigenvalue weighted by molar-refractivity contribution is 6.04. The maximum atomic E-state index is 12.6. The van der Waals surface area contributed by atoms with Gasteiger partial charge in [-0.1, -0.05) is 18.2 Å². The van der Waals surface area contributed by atoms with Crippen molar-refractivity contribution in [3.63, 3.8) is 0 Å². The third-order valence-corrected chi connectivity index (χ3v) is 7.29. The number of nitrogens with zero attached hydrogens (tertiary/aromatic N) is 6. The number of carbonyl (C=O) groups is 1. The van der Waals surface area contributed by atoms with Gasteiger partial charge in [-0.05, 0) is 61.5 Å². The van der Waals surface area contributed by atoms with Gasteiger partial charge in [-0.2, -0.15) is 10.2 Å². The van der Waals surface area contributed by atoms with Crippen molar-refractivity contribution in [2.45, 2.75) is 6.92 Å². The molecule has 0 aliphatic carbocycles. The number of aromatic nitrogens is 6. The first-order chi connectivity index (χ1) is 24.8. The molecule has 1 amide bonds. The summed E-state index contributed by atoms with van der Waals surface area (Å²) in [5.41, 5.74) is 11.0. The predicted octanol–water partition coefficient (Wildman–Crippen LogP) is 7.78. The van der Waals surface area contributed by atoms with Crippen LogP contribution in [-0.2, 0) is 14.1 Å². The Labute approximate surface area is 295 Å². The monoisotopic (exact) mass is 680 g/mol. The zero-order chi connectivity index (χ0) is 35.6. The Bertz CT molecular complexity index is 2250. The molecule has 3 aromatic carbocycles. The molecule has 0 radical (unpaired) electrons. The lowest BCUT2D eigenvalue weighted by Gasteiger charge is -2.10. The first-order valence-electron chi connectivity index (χ1n) is 16.1. The van der Waals surface area contributed by atoms with Crippen LogP contribution in [0.3, 0.4) is 0 Å². The molecule has 0 aliphatic heterocycles. The minimum Gasteiger partial charge on any atom is -0.494 e. The summed E-state index contributed by atoms with van der Waals surface area (Å²) in [7, 11) is 3.73. The Kier molecular flexibility index (Phi) is 10.6. The van der Waals surface area contributed by atoms with E-state index in [0.717, 1.165) is 22.5 Å². The van der Waals surface area contributed by atoms with Crippen LogP contribution in [0.5, 0.6) is 28.7 Å². The summed E-state index contributed by atoms with van der Waals surface area (Å²) in [6.07, 6.45) is 10.7. The molecule has 51 heavy (non-hydrogen) atoms. The lowest BCUT2D eigenvalue weighted by molar-refractivity contribution is 0.102. The Hall–Kier alpha value is -6.95. The van der Waals surface area contributed by atoms with Gasteiger partial charge >= 0.3 is 0 Å². The van der Waals surface area contributed by atoms with Crippen LogP contribution in [0.1, 0.15) is 17.3 Å². The van der Waals surface area contributed by atoms with Crippen molar-refractivity contribution >= 4 is 17.3 Å². The van der Waals surface area contributed by atoms with Crippen molar-refractivity contribution in [1.29, 1.82) is 0 Å². The second kappa shape index (κ2) is 16.0. The number of hydrogen-bond donors (Lipinski definition) is 2. The van der Waals surface area contributed by atoms with Crippen LogP contribution in [0.2, 0.25) is 0 Å². The van der Waals surface area contributed by atoms with E-state index in [4.69, 9.17) is 19.9 Å². The number of pyridine rings is 2. The SMILES string of the molecule is CCOc1cccc(C(=O)Nc2cccc(Oc3ccnc(-c4cnn(C)c4)c3)c2)c1.Cn1cc(-c2cc(Oc3cccc(N)c3)ccn2)cn1. The zero-order valence-electron chi connectivity index (χ0n) is 28.3. The summed E-state index contributed by atoms with van der Waals surface area (Å²) >= 11 is 0. The number of nitrogens with one attached hydrogen (secondary N) is 1. The lowest BCUT2D eigenvalue weighted by Crippen LogP contribution is -2.12. The van der Waals surface area contributed by atoms with Gasteiger partial charge in [-0.15, -0.1) is 0 Å². The highest BCUT2D eigenvalue weighted by atomic mass is 16.5. The standard InChI is InChI=1S/C24H22N4O3.C15H14N4O/c1-3-30-20-8-4-6-17(12-20)24(29)27-19-7-5-9-21(13-19)31-22-10-11-25-23(14-22)18-15-26-28(2)16-18;1-19-10-11(9-18-19)15-8-14(5-6-17-15)20-13-4-2-3-12(16)7-13/h4-16H,3H2,1-2H3,(H,27,29);2-10H,16H2,1H3. The van der Waals surface area contributed by atoms with E-state index < -0.39 is 0 Å². The molecule has 12 heteroatoms. The number of aryl methyl sites for hydroxylation is 2. The third kappa shape index (κ3) is 9.36. The number of benzene rings is 3. The minimum absolute atomic E-state index is 0.221. The van der Waals surface area contributed by atoms with Gasteiger partial charge in [0.2, 0.25) is 0 Å². The molecule has 0 aliphatic rings. The number of ether oxygens (including phenoxy) is 3. The van der Waals surface area contributed by atoms with Crippen molar-refractivity contribution in [2.75, 3.05) is 17.7 Å². The minimum atomic E-state index is -0.221. The molecule has 4 heterocycles. The van der Waals surface area contributed by atoms with Gasteiger partial charge in [-0.3, -0.25) is 24.1 Å². The smallest absolute Gasteiger partial charge is 0.255 e. The summed E-state index contributed by atoms with van der Waals surface area (Å²) in [6.45, 7) is 2.45. The van der Waals surface area contributed by atoms with Gasteiger partial charge in [0.15, 0.2) is 0 Å². The first-order valence-corrected chi connectivity index (χ1v) is 16.1. The van der Waals surface area contributed by atoms with Crippen LogP contribution in [0.4, 0.5) is 11.4 Å². The fraction of sp³-hybridized carbons (Fsp3) is 0.103. The molecule has 0 saturated heterocycles. The zero-order valence-corrected chi connectivity index (χ0v) is 28.3. The van der Waals surface area contributed by atoms with Crippen LogP contribution < -0.4 is 25.3 Å². The van der Waals surface area contributed by atoms with Gasteiger partial charge in [0.05, 0.1) is 30.4 Å². The Morgan fingerprint density at radius 3 is 1.80 bits per heavy atom. The average molecular weight is 681 g/mol. The molecule has 0 fully saturated rings. The van der Waals surface area contributed by atoms with Crippen LogP contribution in [0, 0.1) is 0 Å². The van der Waals surface area contributed by atoms with Crippen molar-refractivity contribution in [3.05, 3.63) is 140 Å². The van der Waals surface area contributed by atoms with Crippen molar-refractivity contribution in [2.24, 2.45) is 14.1 Å². The van der Waals surface area contributed by atoms with Gasteiger partial charge in [0, 0.05) is 91.2 Å². The van der Waals surface area contributed by atoms with Crippen molar-refractivity contribution in [3.8, 4) is 51.3 Å². The van der Waals surface area contributed by atoms with Gasteiger partial charge in [0.25, 0.3) is 5.91 Å². The summed E-state index contributed by atoms with van der Waals surface area (Å²) in [5, 5.41) is 11.2. The number of rotatable bonds is 10. The van der Waals surface area contributed by atoms with E-state index in [1.165, 1.54) is 0 Å². The number of anilines is 2. The molecular formula is C39H36N8O4. The van der Waals surface area contributed by atoms with E-state index in [9.17, 15) is 4.79 Å². The molecule has 0 saturated carbocycles. The quantitative estimate of drug-likeness (QED) is 0.138. The summed E-state index contributed by atoms with van der Waals surface area (Å²) < 4.78 is 20.7. The Morgan fingerprint density at radius 2 is 1.24 bits per heavy atom. The van der Waals surface area contributed by atoms with E-state index in [1.54, 1.807) is 70.5 Å². The molecule has 0 atom stereocenters. The predicted molar refractivity (Wildman–Crippen MR) is 196 cm³/mol. The molecule has 4 aromatic heterocycles. The van der Waals surface area contributed by atoms with E-state index in [0.29, 0.717) is 52.3 Å². The van der Waals surface area contributed by atoms with Gasteiger partial charge in [0.1, 0.15) is 28.7 Å². The molecule has 7 rings (SSSR count). The highest BCUT2D eigenvalue weighted by Crippen LogP contribution is 2.28. The van der Waals surface area contributed by atoms with Crippen LogP contribution in [-0.4, -0.2) is 42.0 Å². The maximum Gasteiger partial charge on any atom is 0.255 e. The fourth-order valence-electron chi connectivity index (χ4n) is 4.96. The summed E-state index contributed by atoms with van der Waals surface area (Å²) in [5.74, 6) is 3.10. The number of nitrogen functional groups attached to an aromatic ring is 1. The van der Waals surface area contributed by atoms with E-state index in [1.807, 2.05) is 94.1 Å². The average Bonchev–Trinajstić information content (AvgIpc) is 3.77. The molecule has 12 nitrogen and oxygen atoms in total. The fourth-order valence-corrected chi connectivity index (χ4v) is 4.96. The van der Waals surface area contributed by atoms with Crippen molar-refractivity contribution < 1.29 is 19.0 Å². The molecular weight excluding hydrogens is 644 g/mol. The van der Waals surface area contributed by atoms with E-state index in [-0.39, 0.29) is 5.91 Å². The maximum absolute atomic E-state index is 12.6. The van der Waals surface area contributed by atoms with Crippen molar-refractivity contribution in [1.82, 2.24) is 29.5 Å². The van der Waals surface area contributed by atoms with Crippen LogP contribution in [0.25, 0.3) is 22.5 Å². The third-order valence-electron chi connectivity index (χ3n) is 7.29. The number of nitrogens with two attached hydrogens (primary N) is 1. The molecule has 0 spiro atoms. The topological polar surface area (TPSA) is 144 Å². The summed E-state index contributed by atoms with van der Waals surface area (Å²) in [4.78, 5) is 21.3. The largest absolute Gasteiger partial charge is 0.494 e. The van der Waals surface area contributed by atoms with Crippen LogP contribution >= 0.6 is 0 Å². The lowest BCUT2D eigenvalue weighted by atomic mass is 10.2. The number of hydrogen-bond acceptors (Lipinski definition) is 9. The Balaban J connectivity index is 0.000000193.